The average Bonchev–Trinajstić information content (AvgIpc) is 3.10. The first-order chi connectivity index (χ1) is 14.9. The number of aliphatic carboxylic acids is 1. The second-order valence-electron chi connectivity index (χ2n) is 7.58. The molecule has 0 radical (unpaired) electrons. The Hall–Kier alpha value is -3.12. The van der Waals surface area contributed by atoms with E-state index < -0.39 is 24.1 Å². The number of carboxylic acid groups (broad SMARTS) is 1. The third-order valence-electron chi connectivity index (χ3n) is 5.81. The highest BCUT2D eigenvalue weighted by molar-refractivity contribution is 9.10. The molecule has 3 aromatic carbocycles. The topological polar surface area (TPSA) is 66.8 Å². The average molecular weight is 480 g/mol. The number of aryl methyl sites for hydroxylation is 1. The highest BCUT2D eigenvalue weighted by Crippen LogP contribution is 2.47. The molecular formula is C25H22BrNO4. The van der Waals surface area contributed by atoms with Crippen molar-refractivity contribution in [3.63, 3.8) is 0 Å². The van der Waals surface area contributed by atoms with Gasteiger partial charge in [0, 0.05) is 10.9 Å². The Morgan fingerprint density at radius 3 is 2.16 bits per heavy atom. The van der Waals surface area contributed by atoms with E-state index in [0.717, 1.165) is 37.9 Å². The molecule has 1 amide bonds. The smallest absolute Gasteiger partial charge is 0.411 e. The molecule has 0 aliphatic heterocycles. The van der Waals surface area contributed by atoms with E-state index in [4.69, 9.17) is 4.74 Å². The molecule has 0 fully saturated rings. The molecule has 3 aromatic rings. The lowest BCUT2D eigenvalue weighted by Gasteiger charge is -2.34. The molecule has 0 saturated heterocycles. The Bertz CT molecular complexity index is 1110. The normalized spacial score (nSPS) is 13.3. The Morgan fingerprint density at radius 2 is 1.61 bits per heavy atom. The molecule has 158 valence electrons. The molecule has 0 saturated carbocycles. The van der Waals surface area contributed by atoms with Gasteiger partial charge in [-0.25, -0.2) is 9.59 Å². The Balaban J connectivity index is 1.86. The van der Waals surface area contributed by atoms with E-state index in [2.05, 4.69) is 15.9 Å². The molecule has 1 N–H and O–H groups in total. The summed E-state index contributed by atoms with van der Waals surface area (Å²) in [6.45, 7) is 1.93. The molecule has 6 heteroatoms. The third kappa shape index (κ3) is 3.83. The van der Waals surface area contributed by atoms with Crippen molar-refractivity contribution in [3.8, 4) is 11.1 Å². The number of ether oxygens (including phenoxy) is 1. The number of amides is 1. The second-order valence-corrected chi connectivity index (χ2v) is 8.50. The quantitative estimate of drug-likeness (QED) is 0.517. The lowest BCUT2D eigenvalue weighted by atomic mass is 9.96. The van der Waals surface area contributed by atoms with Crippen molar-refractivity contribution in [1.82, 2.24) is 4.90 Å². The van der Waals surface area contributed by atoms with E-state index >= 15 is 0 Å². The van der Waals surface area contributed by atoms with Crippen molar-refractivity contribution in [2.45, 2.75) is 25.4 Å². The summed E-state index contributed by atoms with van der Waals surface area (Å²) in [5.41, 5.74) is 5.61. The number of carboxylic acids is 1. The maximum atomic E-state index is 13.0. The molecule has 1 aliphatic carbocycles. The van der Waals surface area contributed by atoms with Gasteiger partial charge in [0.1, 0.15) is 6.04 Å². The predicted molar refractivity (Wildman–Crippen MR) is 122 cm³/mol. The predicted octanol–water partition coefficient (Wildman–Crippen LogP) is 5.59. The zero-order valence-corrected chi connectivity index (χ0v) is 18.8. The van der Waals surface area contributed by atoms with Crippen LogP contribution in [0.1, 0.15) is 28.3 Å². The minimum Gasteiger partial charge on any atom is -0.480 e. The summed E-state index contributed by atoms with van der Waals surface area (Å²) in [5, 5.41) is 10.2. The SMILES string of the molecule is COC(=O)N(C1c2ccccc2-c2ccccc21)[C@@H](Cc1cc(Br)ccc1C)C(=O)O. The van der Waals surface area contributed by atoms with E-state index in [1.807, 2.05) is 73.7 Å². The molecule has 1 aliphatic rings. The summed E-state index contributed by atoms with van der Waals surface area (Å²) in [5.74, 6) is -1.08. The fraction of sp³-hybridized carbons (Fsp3) is 0.200. The van der Waals surface area contributed by atoms with Crippen molar-refractivity contribution >= 4 is 28.0 Å². The first-order valence-corrected chi connectivity index (χ1v) is 10.7. The number of hydrogen-bond donors (Lipinski definition) is 1. The number of halogens is 1. The van der Waals surface area contributed by atoms with E-state index in [-0.39, 0.29) is 6.42 Å². The molecule has 0 heterocycles. The van der Waals surface area contributed by atoms with Gasteiger partial charge in [-0.3, -0.25) is 4.90 Å². The summed E-state index contributed by atoms with van der Waals surface area (Å²) in [4.78, 5) is 26.9. The van der Waals surface area contributed by atoms with Crippen LogP contribution in [0, 0.1) is 6.92 Å². The maximum Gasteiger partial charge on any atom is 0.411 e. The minimum atomic E-state index is -1.11. The van der Waals surface area contributed by atoms with E-state index in [1.54, 1.807) is 0 Å². The number of hydrogen-bond acceptors (Lipinski definition) is 3. The molecule has 0 spiro atoms. The highest BCUT2D eigenvalue weighted by atomic mass is 79.9. The zero-order chi connectivity index (χ0) is 22.1. The van der Waals surface area contributed by atoms with Crippen LogP contribution in [0.25, 0.3) is 11.1 Å². The van der Waals surface area contributed by atoms with Gasteiger partial charge in [-0.2, -0.15) is 0 Å². The van der Waals surface area contributed by atoms with Crippen LogP contribution in [0.15, 0.2) is 71.2 Å². The van der Waals surface area contributed by atoms with Crippen LogP contribution in [0.4, 0.5) is 4.79 Å². The van der Waals surface area contributed by atoms with Crippen LogP contribution >= 0.6 is 15.9 Å². The summed E-state index contributed by atoms with van der Waals surface area (Å²) < 4.78 is 5.95. The van der Waals surface area contributed by atoms with Crippen LogP contribution < -0.4 is 0 Å². The number of rotatable bonds is 5. The number of nitrogens with zero attached hydrogens (tertiary/aromatic N) is 1. The molecule has 5 nitrogen and oxygen atoms in total. The van der Waals surface area contributed by atoms with Crippen molar-refractivity contribution in [3.05, 3.63) is 93.5 Å². The second kappa shape index (κ2) is 8.55. The Morgan fingerprint density at radius 1 is 1.03 bits per heavy atom. The van der Waals surface area contributed by atoms with Crippen molar-refractivity contribution in [1.29, 1.82) is 0 Å². The number of methoxy groups -OCH3 is 1. The number of carbonyl (C=O) groups is 2. The van der Waals surface area contributed by atoms with Gasteiger partial charge in [-0.05, 0) is 52.4 Å². The molecule has 1 atom stereocenters. The molecular weight excluding hydrogens is 458 g/mol. The zero-order valence-electron chi connectivity index (χ0n) is 17.2. The Labute approximate surface area is 189 Å². The number of benzene rings is 3. The third-order valence-corrected chi connectivity index (χ3v) is 6.30. The standard InChI is InChI=1S/C25H22BrNO4/c1-15-11-12-17(26)13-16(15)14-22(24(28)29)27(25(30)31-2)23-20-9-5-3-7-18(20)19-8-4-6-10-21(19)23/h3-13,22-23H,14H2,1-2H3,(H,28,29)/t22-/m0/s1. The van der Waals surface area contributed by atoms with Gasteiger partial charge < -0.3 is 9.84 Å². The summed E-state index contributed by atoms with van der Waals surface area (Å²) in [7, 11) is 1.28. The van der Waals surface area contributed by atoms with Gasteiger partial charge in [0.2, 0.25) is 0 Å². The molecule has 0 aromatic heterocycles. The summed E-state index contributed by atoms with van der Waals surface area (Å²) in [6, 6.07) is 19.7. The molecule has 4 rings (SSSR count). The van der Waals surface area contributed by atoms with Crippen LogP contribution in [0.5, 0.6) is 0 Å². The number of fused-ring (bicyclic) bond motifs is 3. The van der Waals surface area contributed by atoms with Crippen LogP contribution in [0.3, 0.4) is 0 Å². The van der Waals surface area contributed by atoms with Gasteiger partial charge >= 0.3 is 12.1 Å². The maximum absolute atomic E-state index is 13.0. The van der Waals surface area contributed by atoms with Crippen molar-refractivity contribution in [2.75, 3.05) is 7.11 Å². The van der Waals surface area contributed by atoms with E-state index in [1.165, 1.54) is 12.0 Å². The van der Waals surface area contributed by atoms with Crippen LogP contribution in [-0.4, -0.2) is 35.2 Å². The first-order valence-electron chi connectivity index (χ1n) is 9.94. The van der Waals surface area contributed by atoms with Gasteiger partial charge in [-0.1, -0.05) is 70.5 Å². The van der Waals surface area contributed by atoms with E-state index in [9.17, 15) is 14.7 Å². The fourth-order valence-corrected chi connectivity index (χ4v) is 4.73. The Kier molecular flexibility index (Phi) is 5.83. The first kappa shape index (κ1) is 21.1. The largest absolute Gasteiger partial charge is 0.480 e. The molecule has 0 bridgehead atoms. The summed E-state index contributed by atoms with van der Waals surface area (Å²) in [6.07, 6.45) is -0.507. The van der Waals surface area contributed by atoms with Crippen LogP contribution in [0.2, 0.25) is 0 Å². The minimum absolute atomic E-state index is 0.163. The van der Waals surface area contributed by atoms with E-state index in [0.29, 0.717) is 0 Å². The monoisotopic (exact) mass is 479 g/mol. The van der Waals surface area contributed by atoms with Crippen LogP contribution in [-0.2, 0) is 16.0 Å². The molecule has 0 unspecified atom stereocenters. The highest BCUT2D eigenvalue weighted by Gasteiger charge is 2.42. The fourth-order valence-electron chi connectivity index (χ4n) is 4.32. The van der Waals surface area contributed by atoms with Crippen molar-refractivity contribution < 1.29 is 19.4 Å². The number of carbonyl (C=O) groups excluding carboxylic acids is 1. The van der Waals surface area contributed by atoms with Gasteiger partial charge in [0.05, 0.1) is 13.2 Å². The van der Waals surface area contributed by atoms with Gasteiger partial charge in [0.15, 0.2) is 0 Å². The lowest BCUT2D eigenvalue weighted by molar-refractivity contribution is -0.143. The molecule has 31 heavy (non-hydrogen) atoms. The lowest BCUT2D eigenvalue weighted by Crippen LogP contribution is -2.48. The summed E-state index contributed by atoms with van der Waals surface area (Å²) >= 11 is 3.46. The van der Waals surface area contributed by atoms with Crippen molar-refractivity contribution in [2.24, 2.45) is 0 Å². The van der Waals surface area contributed by atoms with Gasteiger partial charge in [-0.15, -0.1) is 0 Å². The van der Waals surface area contributed by atoms with Gasteiger partial charge in [0.25, 0.3) is 0 Å².